The van der Waals surface area contributed by atoms with Crippen molar-refractivity contribution in [3.8, 4) is 22.8 Å². The van der Waals surface area contributed by atoms with E-state index < -0.39 is 0 Å². The largest absolute Gasteiger partial charge is 0.398 e. The molecule has 3 rings (SSSR count). The summed E-state index contributed by atoms with van der Waals surface area (Å²) in [4.78, 5) is 4.32. The monoisotopic (exact) mass is 305 g/mol. The molecule has 0 aliphatic rings. The van der Waals surface area contributed by atoms with Gasteiger partial charge in [-0.3, -0.25) is 0 Å². The first-order valence-electron chi connectivity index (χ1n) is 5.79. The first-order chi connectivity index (χ1) is 9.65. The molecule has 1 heterocycles. The zero-order valence-electron chi connectivity index (χ0n) is 10.2. The van der Waals surface area contributed by atoms with Gasteiger partial charge >= 0.3 is 0 Å². The molecule has 0 saturated heterocycles. The Hall–Kier alpha value is -2.04. The summed E-state index contributed by atoms with van der Waals surface area (Å²) in [6, 6.07) is 12.4. The van der Waals surface area contributed by atoms with Crippen molar-refractivity contribution in [3.05, 3.63) is 52.5 Å². The lowest BCUT2D eigenvalue weighted by molar-refractivity contribution is 0.432. The van der Waals surface area contributed by atoms with E-state index in [9.17, 15) is 0 Å². The van der Waals surface area contributed by atoms with Crippen molar-refractivity contribution < 1.29 is 4.52 Å². The van der Waals surface area contributed by atoms with Gasteiger partial charge in [0.2, 0.25) is 5.82 Å². The molecule has 0 bridgehead atoms. The molecule has 0 aliphatic heterocycles. The number of hydrogen-bond donors (Lipinski definition) is 1. The van der Waals surface area contributed by atoms with E-state index in [1.165, 1.54) is 0 Å². The summed E-state index contributed by atoms with van der Waals surface area (Å²) >= 11 is 12.0. The Morgan fingerprint density at radius 2 is 1.80 bits per heavy atom. The average molecular weight is 306 g/mol. The smallest absolute Gasteiger partial charge is 0.258 e. The maximum absolute atomic E-state index is 6.10. The Bertz CT molecular complexity index is 771. The molecule has 0 aliphatic carbocycles. The molecule has 100 valence electrons. The molecule has 0 unspecified atom stereocenters. The lowest BCUT2D eigenvalue weighted by atomic mass is 10.2. The quantitative estimate of drug-likeness (QED) is 0.717. The molecule has 1 aromatic heterocycles. The summed E-state index contributed by atoms with van der Waals surface area (Å²) in [5.41, 5.74) is 7.64. The lowest BCUT2D eigenvalue weighted by Gasteiger charge is -1.99. The van der Waals surface area contributed by atoms with Crippen LogP contribution in [0.15, 0.2) is 47.0 Å². The first kappa shape index (κ1) is 13.0. The molecule has 3 aromatic rings. The molecule has 20 heavy (non-hydrogen) atoms. The summed E-state index contributed by atoms with van der Waals surface area (Å²) in [6.45, 7) is 0. The molecule has 0 amide bonds. The molecule has 0 radical (unpaired) electrons. The van der Waals surface area contributed by atoms with E-state index in [1.807, 2.05) is 18.2 Å². The molecular weight excluding hydrogens is 297 g/mol. The fraction of sp³-hybridized carbons (Fsp3) is 0. The number of benzene rings is 2. The number of anilines is 1. The zero-order valence-corrected chi connectivity index (χ0v) is 11.7. The normalized spacial score (nSPS) is 10.7. The van der Waals surface area contributed by atoms with Crippen molar-refractivity contribution in [1.29, 1.82) is 0 Å². The van der Waals surface area contributed by atoms with E-state index in [1.54, 1.807) is 24.3 Å². The minimum absolute atomic E-state index is 0.364. The van der Waals surface area contributed by atoms with Gasteiger partial charge in [-0.1, -0.05) is 40.5 Å². The highest BCUT2D eigenvalue weighted by Crippen LogP contribution is 2.29. The summed E-state index contributed by atoms with van der Waals surface area (Å²) in [6.07, 6.45) is 0. The Morgan fingerprint density at radius 1 is 1.00 bits per heavy atom. The van der Waals surface area contributed by atoms with Crippen LogP contribution in [-0.2, 0) is 0 Å². The Morgan fingerprint density at radius 3 is 2.55 bits per heavy atom. The highest BCUT2D eigenvalue weighted by molar-refractivity contribution is 6.33. The van der Waals surface area contributed by atoms with Gasteiger partial charge in [-0.25, -0.2) is 0 Å². The van der Waals surface area contributed by atoms with Crippen LogP contribution in [0, 0.1) is 0 Å². The fourth-order valence-corrected chi connectivity index (χ4v) is 2.11. The van der Waals surface area contributed by atoms with Gasteiger partial charge in [0.15, 0.2) is 0 Å². The third-order valence-corrected chi connectivity index (χ3v) is 3.46. The predicted octanol–water partition coefficient (Wildman–Crippen LogP) is 4.29. The second-order valence-electron chi connectivity index (χ2n) is 4.14. The minimum atomic E-state index is 0.364. The van der Waals surface area contributed by atoms with Crippen molar-refractivity contribution in [1.82, 2.24) is 10.1 Å². The van der Waals surface area contributed by atoms with E-state index >= 15 is 0 Å². The molecule has 0 spiro atoms. The Labute approximate surface area is 125 Å². The zero-order chi connectivity index (χ0) is 14.1. The van der Waals surface area contributed by atoms with Crippen LogP contribution in [-0.4, -0.2) is 10.1 Å². The van der Waals surface area contributed by atoms with Gasteiger partial charge in [-0.05, 0) is 30.3 Å². The van der Waals surface area contributed by atoms with Crippen LogP contribution in [0.25, 0.3) is 22.8 Å². The summed E-state index contributed by atoms with van der Waals surface area (Å²) in [5.74, 6) is 0.794. The third-order valence-electron chi connectivity index (χ3n) is 2.78. The van der Waals surface area contributed by atoms with Gasteiger partial charge in [0.25, 0.3) is 5.89 Å². The summed E-state index contributed by atoms with van der Waals surface area (Å²) in [7, 11) is 0. The van der Waals surface area contributed by atoms with Crippen molar-refractivity contribution in [2.45, 2.75) is 0 Å². The van der Waals surface area contributed by atoms with Gasteiger partial charge in [0.05, 0.1) is 15.7 Å². The van der Waals surface area contributed by atoms with E-state index in [0.29, 0.717) is 38.6 Å². The van der Waals surface area contributed by atoms with Gasteiger partial charge < -0.3 is 10.3 Å². The summed E-state index contributed by atoms with van der Waals surface area (Å²) in [5, 5.41) is 4.98. The van der Waals surface area contributed by atoms with E-state index in [4.69, 9.17) is 33.5 Å². The molecule has 4 nitrogen and oxygen atoms in total. The summed E-state index contributed by atoms with van der Waals surface area (Å²) < 4.78 is 5.24. The highest BCUT2D eigenvalue weighted by Gasteiger charge is 2.13. The van der Waals surface area contributed by atoms with Crippen molar-refractivity contribution >= 4 is 28.9 Å². The molecular formula is C14H9Cl2N3O. The molecule has 0 atom stereocenters. The minimum Gasteiger partial charge on any atom is -0.398 e. The molecule has 2 aromatic carbocycles. The second kappa shape index (κ2) is 5.15. The van der Waals surface area contributed by atoms with Crippen molar-refractivity contribution in [3.63, 3.8) is 0 Å². The van der Waals surface area contributed by atoms with Gasteiger partial charge in [0.1, 0.15) is 0 Å². The average Bonchev–Trinajstić information content (AvgIpc) is 2.92. The Balaban J connectivity index is 2.02. The maximum atomic E-state index is 6.10. The number of nitrogens with two attached hydrogens (primary N) is 1. The second-order valence-corrected chi connectivity index (χ2v) is 4.95. The Kier molecular flexibility index (Phi) is 3.34. The van der Waals surface area contributed by atoms with Crippen LogP contribution in [0.3, 0.4) is 0 Å². The topological polar surface area (TPSA) is 64.9 Å². The molecule has 0 saturated carbocycles. The lowest BCUT2D eigenvalue weighted by Crippen LogP contribution is -1.87. The third kappa shape index (κ3) is 2.35. The maximum Gasteiger partial charge on any atom is 0.258 e. The van der Waals surface area contributed by atoms with Crippen LogP contribution in [0.1, 0.15) is 0 Å². The van der Waals surface area contributed by atoms with Gasteiger partial charge in [-0.2, -0.15) is 4.98 Å². The van der Waals surface area contributed by atoms with Crippen LogP contribution in [0.4, 0.5) is 5.69 Å². The van der Waals surface area contributed by atoms with Crippen LogP contribution in [0.5, 0.6) is 0 Å². The molecule has 6 heteroatoms. The molecule has 2 N–H and O–H groups in total. The number of aromatic nitrogens is 2. The van der Waals surface area contributed by atoms with Crippen LogP contribution < -0.4 is 5.73 Å². The van der Waals surface area contributed by atoms with Gasteiger partial charge in [0, 0.05) is 11.1 Å². The fourth-order valence-electron chi connectivity index (χ4n) is 1.77. The highest BCUT2D eigenvalue weighted by atomic mass is 35.5. The van der Waals surface area contributed by atoms with Crippen molar-refractivity contribution in [2.24, 2.45) is 0 Å². The number of nitrogen functional groups attached to an aromatic ring is 1. The predicted molar refractivity (Wildman–Crippen MR) is 79.6 cm³/mol. The standard InChI is InChI=1S/C14H9Cl2N3O/c15-10-4-2-1-3-9(10)13-18-14(20-19-13)8-5-6-11(16)12(17)7-8/h1-7H,17H2. The number of hydrogen-bond acceptors (Lipinski definition) is 4. The van der Waals surface area contributed by atoms with Crippen molar-refractivity contribution in [2.75, 3.05) is 5.73 Å². The van der Waals surface area contributed by atoms with E-state index in [0.717, 1.165) is 0 Å². The first-order valence-corrected chi connectivity index (χ1v) is 6.55. The molecule has 0 fully saturated rings. The van der Waals surface area contributed by atoms with E-state index in [2.05, 4.69) is 10.1 Å². The number of rotatable bonds is 2. The van der Waals surface area contributed by atoms with Crippen LogP contribution in [0.2, 0.25) is 10.0 Å². The number of nitrogens with zero attached hydrogens (tertiary/aromatic N) is 2. The SMILES string of the molecule is Nc1cc(-c2nc(-c3ccccc3Cl)no2)ccc1Cl. The number of halogens is 2. The van der Waals surface area contributed by atoms with Crippen LogP contribution >= 0.6 is 23.2 Å². The van der Waals surface area contributed by atoms with Gasteiger partial charge in [-0.15, -0.1) is 0 Å². The van der Waals surface area contributed by atoms with E-state index in [-0.39, 0.29) is 0 Å².